The van der Waals surface area contributed by atoms with Crippen molar-refractivity contribution < 1.29 is 0 Å². The Balaban J connectivity index is 2.19. The molecule has 6 nitrogen and oxygen atoms in total. The number of nitrogens with zero attached hydrogens (tertiary/aromatic N) is 6. The Bertz CT molecular complexity index is 745. The Hall–Kier alpha value is -2.50. The Labute approximate surface area is 123 Å². The summed E-state index contributed by atoms with van der Waals surface area (Å²) in [4.78, 5) is 15.3. The van der Waals surface area contributed by atoms with Crippen LogP contribution in [0.25, 0.3) is 17.2 Å². The smallest absolute Gasteiger partial charge is 0.254 e. The normalized spacial score (nSPS) is 11.0. The van der Waals surface area contributed by atoms with E-state index >= 15 is 0 Å². The largest absolute Gasteiger partial charge is 0.357 e. The fraction of sp³-hybridized carbons (Fsp3) is 0.333. The maximum atomic E-state index is 4.61. The van der Waals surface area contributed by atoms with Gasteiger partial charge in [-0.25, -0.2) is 4.98 Å². The molecule has 0 aliphatic rings. The van der Waals surface area contributed by atoms with E-state index in [0.29, 0.717) is 11.6 Å². The van der Waals surface area contributed by atoms with Crippen LogP contribution in [0.1, 0.15) is 19.5 Å². The van der Waals surface area contributed by atoms with Gasteiger partial charge in [-0.3, -0.25) is 4.98 Å². The van der Waals surface area contributed by atoms with Gasteiger partial charge in [-0.05, 0) is 32.9 Å². The number of pyridine rings is 1. The minimum atomic E-state index is 0.628. The van der Waals surface area contributed by atoms with E-state index in [9.17, 15) is 0 Å². The molecular formula is C15H18N6. The topological polar surface area (TPSA) is 59.2 Å². The molecule has 21 heavy (non-hydrogen) atoms. The number of anilines is 1. The summed E-state index contributed by atoms with van der Waals surface area (Å²) < 4.78 is 1.82. The molecule has 0 N–H and O–H groups in total. The standard InChI is InChI=1S/C15H18N6/c1-4-20(5-2)13-10-11(3)17-15-18-14(19-21(13)15)12-6-8-16-9-7-12/h6-10H,4-5H2,1-3H3. The summed E-state index contributed by atoms with van der Waals surface area (Å²) in [6, 6.07) is 5.85. The van der Waals surface area contributed by atoms with E-state index in [4.69, 9.17) is 0 Å². The Kier molecular flexibility index (Phi) is 3.51. The first-order chi connectivity index (χ1) is 10.2. The van der Waals surface area contributed by atoms with E-state index in [0.717, 1.165) is 30.2 Å². The first-order valence-electron chi connectivity index (χ1n) is 7.12. The van der Waals surface area contributed by atoms with Gasteiger partial charge in [0.15, 0.2) is 5.82 Å². The van der Waals surface area contributed by atoms with Crippen LogP contribution in [0.4, 0.5) is 5.82 Å². The van der Waals surface area contributed by atoms with Crippen molar-refractivity contribution in [3.05, 3.63) is 36.3 Å². The van der Waals surface area contributed by atoms with Crippen LogP contribution in [0.5, 0.6) is 0 Å². The predicted octanol–water partition coefficient (Wildman–Crippen LogP) is 2.34. The number of fused-ring (bicyclic) bond motifs is 1. The van der Waals surface area contributed by atoms with Gasteiger partial charge < -0.3 is 4.90 Å². The van der Waals surface area contributed by atoms with Crippen molar-refractivity contribution in [1.29, 1.82) is 0 Å². The fourth-order valence-electron chi connectivity index (χ4n) is 2.36. The van der Waals surface area contributed by atoms with Crippen LogP contribution in [0.15, 0.2) is 30.6 Å². The number of rotatable bonds is 4. The zero-order valence-corrected chi connectivity index (χ0v) is 12.5. The van der Waals surface area contributed by atoms with E-state index in [1.54, 1.807) is 12.4 Å². The second-order valence-electron chi connectivity index (χ2n) is 4.81. The van der Waals surface area contributed by atoms with Crippen molar-refractivity contribution in [2.75, 3.05) is 18.0 Å². The average molecular weight is 282 g/mol. The van der Waals surface area contributed by atoms with Gasteiger partial charge in [0.1, 0.15) is 5.82 Å². The molecule has 0 atom stereocenters. The third kappa shape index (κ3) is 2.44. The van der Waals surface area contributed by atoms with E-state index in [2.05, 4.69) is 38.8 Å². The molecule has 0 amide bonds. The van der Waals surface area contributed by atoms with Gasteiger partial charge in [0.2, 0.25) is 0 Å². The summed E-state index contributed by atoms with van der Waals surface area (Å²) in [7, 11) is 0. The predicted molar refractivity (Wildman–Crippen MR) is 82.3 cm³/mol. The molecule has 0 aromatic carbocycles. The molecule has 3 rings (SSSR count). The molecule has 6 heteroatoms. The average Bonchev–Trinajstić information content (AvgIpc) is 2.93. The Morgan fingerprint density at radius 2 is 1.81 bits per heavy atom. The van der Waals surface area contributed by atoms with Gasteiger partial charge in [-0.2, -0.15) is 9.50 Å². The zero-order chi connectivity index (χ0) is 14.8. The molecule has 0 fully saturated rings. The van der Waals surface area contributed by atoms with Crippen LogP contribution < -0.4 is 4.90 Å². The Morgan fingerprint density at radius 3 is 2.48 bits per heavy atom. The third-order valence-electron chi connectivity index (χ3n) is 3.45. The van der Waals surface area contributed by atoms with E-state index < -0.39 is 0 Å². The fourth-order valence-corrected chi connectivity index (χ4v) is 2.36. The molecule has 0 aliphatic heterocycles. The monoisotopic (exact) mass is 282 g/mol. The van der Waals surface area contributed by atoms with Crippen LogP contribution in [-0.4, -0.2) is 37.7 Å². The lowest BCUT2D eigenvalue weighted by atomic mass is 10.3. The van der Waals surface area contributed by atoms with Crippen LogP contribution in [0, 0.1) is 6.92 Å². The molecule has 0 spiro atoms. The first-order valence-corrected chi connectivity index (χ1v) is 7.12. The van der Waals surface area contributed by atoms with Gasteiger partial charge in [0, 0.05) is 42.8 Å². The summed E-state index contributed by atoms with van der Waals surface area (Å²) in [5, 5.41) is 4.61. The molecule has 0 radical (unpaired) electrons. The highest BCUT2D eigenvalue weighted by Gasteiger charge is 2.14. The summed E-state index contributed by atoms with van der Waals surface area (Å²) in [6.07, 6.45) is 3.48. The number of hydrogen-bond donors (Lipinski definition) is 0. The maximum Gasteiger partial charge on any atom is 0.254 e. The van der Waals surface area contributed by atoms with E-state index in [1.165, 1.54) is 0 Å². The molecule has 108 valence electrons. The van der Waals surface area contributed by atoms with Crippen molar-refractivity contribution in [2.24, 2.45) is 0 Å². The van der Waals surface area contributed by atoms with Crippen LogP contribution in [0.2, 0.25) is 0 Å². The highest BCUT2D eigenvalue weighted by atomic mass is 15.4. The first kappa shape index (κ1) is 13.5. The molecule has 3 heterocycles. The van der Waals surface area contributed by atoms with Crippen molar-refractivity contribution in [2.45, 2.75) is 20.8 Å². The van der Waals surface area contributed by atoms with Gasteiger partial charge in [-0.15, -0.1) is 5.10 Å². The van der Waals surface area contributed by atoms with Crippen molar-refractivity contribution in [1.82, 2.24) is 24.6 Å². The minimum absolute atomic E-state index is 0.628. The number of aryl methyl sites for hydroxylation is 1. The van der Waals surface area contributed by atoms with Gasteiger partial charge in [0.25, 0.3) is 5.78 Å². The van der Waals surface area contributed by atoms with Gasteiger partial charge in [0.05, 0.1) is 0 Å². The summed E-state index contributed by atoms with van der Waals surface area (Å²) in [6.45, 7) is 8.07. The molecule has 3 aromatic rings. The van der Waals surface area contributed by atoms with E-state index in [-0.39, 0.29) is 0 Å². The molecule has 0 bridgehead atoms. The van der Waals surface area contributed by atoms with Gasteiger partial charge >= 0.3 is 0 Å². The number of hydrogen-bond acceptors (Lipinski definition) is 5. The minimum Gasteiger partial charge on any atom is -0.357 e. The zero-order valence-electron chi connectivity index (χ0n) is 12.5. The molecule has 0 aliphatic carbocycles. The molecule has 0 unspecified atom stereocenters. The lowest BCUT2D eigenvalue weighted by molar-refractivity contribution is 0.797. The lowest BCUT2D eigenvalue weighted by Gasteiger charge is -2.21. The van der Waals surface area contributed by atoms with Crippen molar-refractivity contribution in [3.8, 4) is 11.4 Å². The Morgan fingerprint density at radius 1 is 1.10 bits per heavy atom. The van der Waals surface area contributed by atoms with Crippen LogP contribution >= 0.6 is 0 Å². The van der Waals surface area contributed by atoms with E-state index in [1.807, 2.05) is 29.6 Å². The number of aromatic nitrogens is 5. The third-order valence-corrected chi connectivity index (χ3v) is 3.45. The van der Waals surface area contributed by atoms with Crippen LogP contribution in [-0.2, 0) is 0 Å². The summed E-state index contributed by atoms with van der Waals surface area (Å²) in [5.74, 6) is 2.32. The highest BCUT2D eigenvalue weighted by molar-refractivity contribution is 5.58. The maximum absolute atomic E-state index is 4.61. The van der Waals surface area contributed by atoms with Crippen molar-refractivity contribution in [3.63, 3.8) is 0 Å². The molecule has 3 aromatic heterocycles. The molecular weight excluding hydrogens is 264 g/mol. The molecule has 0 saturated carbocycles. The SMILES string of the molecule is CCN(CC)c1cc(C)nc2nc(-c3ccncc3)nn12. The summed E-state index contributed by atoms with van der Waals surface area (Å²) in [5.41, 5.74) is 1.89. The summed E-state index contributed by atoms with van der Waals surface area (Å²) >= 11 is 0. The molecule has 0 saturated heterocycles. The lowest BCUT2D eigenvalue weighted by Crippen LogP contribution is -2.25. The highest BCUT2D eigenvalue weighted by Crippen LogP contribution is 2.20. The van der Waals surface area contributed by atoms with Crippen molar-refractivity contribution >= 4 is 11.6 Å². The second-order valence-corrected chi connectivity index (χ2v) is 4.81. The van der Waals surface area contributed by atoms with Crippen LogP contribution in [0.3, 0.4) is 0 Å². The van der Waals surface area contributed by atoms with Gasteiger partial charge in [-0.1, -0.05) is 0 Å². The quantitative estimate of drug-likeness (QED) is 0.735. The second kappa shape index (κ2) is 5.47.